The summed E-state index contributed by atoms with van der Waals surface area (Å²) in [5.74, 6) is -1.52. The van der Waals surface area contributed by atoms with Crippen LogP contribution in [0.2, 0.25) is 0 Å². The number of fused-ring (bicyclic) bond motifs is 1. The van der Waals surface area contributed by atoms with Crippen LogP contribution < -0.4 is 10.9 Å². The molecule has 9 heteroatoms. The third-order valence-electron chi connectivity index (χ3n) is 7.15. The molecule has 0 radical (unpaired) electrons. The molecule has 43 heavy (non-hydrogen) atoms. The number of aromatic hydroxyl groups is 1. The minimum absolute atomic E-state index is 0.0468. The zero-order valence-electron chi connectivity index (χ0n) is 24.2. The molecule has 0 spiro atoms. The topological polar surface area (TPSA) is 123 Å². The Hall–Kier alpha value is -5.31. The summed E-state index contributed by atoms with van der Waals surface area (Å²) in [6, 6.07) is 23.8. The summed E-state index contributed by atoms with van der Waals surface area (Å²) in [7, 11) is 0. The second-order valence-electron chi connectivity index (χ2n) is 10.7. The van der Waals surface area contributed by atoms with E-state index in [1.165, 1.54) is 0 Å². The second-order valence-corrected chi connectivity index (χ2v) is 10.7. The number of benzene rings is 2. The average molecular weight is 577 g/mol. The number of carbonyl (C=O) groups excluding carboxylic acids is 2. The maximum Gasteiger partial charge on any atom is 0.313 e. The number of aromatic nitrogens is 3. The van der Waals surface area contributed by atoms with E-state index in [0.29, 0.717) is 27.9 Å². The molecule has 9 nitrogen and oxygen atoms in total. The van der Waals surface area contributed by atoms with Gasteiger partial charge in [-0.05, 0) is 50.1 Å². The van der Waals surface area contributed by atoms with Gasteiger partial charge in [0.15, 0.2) is 11.4 Å². The number of nitrogens with zero attached hydrogens (tertiary/aromatic N) is 3. The lowest BCUT2D eigenvalue weighted by Crippen LogP contribution is -2.40. The van der Waals surface area contributed by atoms with Gasteiger partial charge in [0.25, 0.3) is 11.5 Å². The quantitative estimate of drug-likeness (QED) is 0.231. The number of rotatable bonds is 9. The highest BCUT2D eigenvalue weighted by Crippen LogP contribution is 2.36. The third-order valence-corrected chi connectivity index (χ3v) is 7.15. The minimum atomic E-state index is -1.01. The predicted octanol–water partition coefficient (Wildman–Crippen LogP) is 5.20. The number of hydrogen-bond acceptors (Lipinski definition) is 7. The fourth-order valence-corrected chi connectivity index (χ4v) is 4.84. The molecule has 218 valence electrons. The van der Waals surface area contributed by atoms with Gasteiger partial charge in [-0.1, -0.05) is 60.7 Å². The highest BCUT2D eigenvalue weighted by atomic mass is 16.5. The first-order valence-corrected chi connectivity index (χ1v) is 14.0. The Balaban J connectivity index is 1.75. The van der Waals surface area contributed by atoms with Crippen molar-refractivity contribution in [3.8, 4) is 28.1 Å². The molecule has 0 unspecified atom stereocenters. The molecular weight excluding hydrogens is 544 g/mol. The number of esters is 1. The molecule has 0 saturated heterocycles. The summed E-state index contributed by atoms with van der Waals surface area (Å²) in [4.78, 5) is 49.0. The highest BCUT2D eigenvalue weighted by molar-refractivity contribution is 6.06. The van der Waals surface area contributed by atoms with Crippen molar-refractivity contribution in [3.63, 3.8) is 0 Å². The molecule has 3 aromatic heterocycles. The van der Waals surface area contributed by atoms with E-state index in [2.05, 4.69) is 15.3 Å². The lowest BCUT2D eigenvalue weighted by atomic mass is 9.93. The van der Waals surface area contributed by atoms with Gasteiger partial charge in [-0.15, -0.1) is 0 Å². The molecule has 3 heterocycles. The van der Waals surface area contributed by atoms with Gasteiger partial charge in [0, 0.05) is 35.5 Å². The fraction of sp³-hybridized carbons (Fsp3) is 0.206. The van der Waals surface area contributed by atoms with Gasteiger partial charge in [-0.25, -0.2) is 4.98 Å². The van der Waals surface area contributed by atoms with E-state index in [9.17, 15) is 19.5 Å². The van der Waals surface area contributed by atoms with Crippen LogP contribution in [0.25, 0.3) is 33.3 Å². The van der Waals surface area contributed by atoms with Gasteiger partial charge < -0.3 is 19.7 Å². The largest absolute Gasteiger partial charge is 0.505 e. The van der Waals surface area contributed by atoms with Crippen LogP contribution in [0.5, 0.6) is 5.75 Å². The number of pyridine rings is 3. The van der Waals surface area contributed by atoms with E-state index < -0.39 is 17.3 Å². The number of hydrogen-bond donors (Lipinski definition) is 2. The van der Waals surface area contributed by atoms with Crippen molar-refractivity contribution in [2.45, 2.75) is 27.3 Å². The van der Waals surface area contributed by atoms with Gasteiger partial charge in [0.05, 0.1) is 29.8 Å². The van der Waals surface area contributed by atoms with Crippen molar-refractivity contribution in [3.05, 3.63) is 113 Å². The lowest BCUT2D eigenvalue weighted by molar-refractivity contribution is -0.153. The van der Waals surface area contributed by atoms with Crippen LogP contribution in [0, 0.1) is 5.41 Å². The maximum atomic E-state index is 14.1. The molecule has 0 fully saturated rings. The van der Waals surface area contributed by atoms with E-state index in [-0.39, 0.29) is 42.1 Å². The SMILES string of the molecule is CCOC(=O)C(C)(C)CNC(=O)c1nc(-c2cccnc2)c2c(cc(-c3ccccc3)c(=O)n2Cc2ccccc2)c1O. The normalized spacial score (nSPS) is 11.3. The zero-order chi connectivity index (χ0) is 30.6. The first kappa shape index (κ1) is 29.2. The Morgan fingerprint density at radius 1 is 0.977 bits per heavy atom. The molecule has 5 aromatic rings. The summed E-state index contributed by atoms with van der Waals surface area (Å²) in [5.41, 5.74) is 1.59. The first-order chi connectivity index (χ1) is 20.7. The summed E-state index contributed by atoms with van der Waals surface area (Å²) in [6.07, 6.45) is 3.20. The standard InChI is InChI=1S/C34H32N4O5/c1-4-43-33(42)34(2,3)21-36-31(40)28-30(39)26-18-25(23-14-9-6-10-15-23)32(41)38(20-22-12-7-5-8-13-22)29(26)27(37-28)24-16-11-17-35-19-24/h5-19,39H,4,20-21H2,1-3H3,(H,36,40). The van der Waals surface area contributed by atoms with Crippen molar-refractivity contribution in [1.29, 1.82) is 0 Å². The molecular formula is C34H32N4O5. The number of carbonyl (C=O) groups is 2. The smallest absolute Gasteiger partial charge is 0.313 e. The number of amides is 1. The van der Waals surface area contributed by atoms with Crippen LogP contribution in [0.15, 0.2) is 96.1 Å². The Morgan fingerprint density at radius 3 is 2.30 bits per heavy atom. The summed E-state index contributed by atoms with van der Waals surface area (Å²) >= 11 is 0. The van der Waals surface area contributed by atoms with Gasteiger partial charge in [0.1, 0.15) is 0 Å². The van der Waals surface area contributed by atoms with E-state index >= 15 is 0 Å². The number of ether oxygens (including phenoxy) is 1. The van der Waals surface area contributed by atoms with Crippen molar-refractivity contribution in [1.82, 2.24) is 19.9 Å². The minimum Gasteiger partial charge on any atom is -0.505 e. The highest BCUT2D eigenvalue weighted by Gasteiger charge is 2.31. The van der Waals surface area contributed by atoms with E-state index in [1.807, 2.05) is 60.7 Å². The molecule has 0 saturated carbocycles. The molecule has 0 atom stereocenters. The van der Waals surface area contributed by atoms with Crippen LogP contribution >= 0.6 is 0 Å². The van der Waals surface area contributed by atoms with Gasteiger partial charge in [-0.2, -0.15) is 0 Å². The summed E-state index contributed by atoms with van der Waals surface area (Å²) in [5, 5.41) is 14.6. The molecule has 5 rings (SSSR count). The monoisotopic (exact) mass is 576 g/mol. The molecule has 0 bridgehead atoms. The molecule has 2 N–H and O–H groups in total. The summed E-state index contributed by atoms with van der Waals surface area (Å²) < 4.78 is 6.71. The van der Waals surface area contributed by atoms with Crippen LogP contribution in [0.4, 0.5) is 0 Å². The Morgan fingerprint density at radius 2 is 1.65 bits per heavy atom. The van der Waals surface area contributed by atoms with Crippen molar-refractivity contribution >= 4 is 22.8 Å². The second kappa shape index (κ2) is 12.3. The van der Waals surface area contributed by atoms with E-state index in [0.717, 1.165) is 5.56 Å². The van der Waals surface area contributed by atoms with Crippen molar-refractivity contribution < 1.29 is 19.4 Å². The fourth-order valence-electron chi connectivity index (χ4n) is 4.84. The first-order valence-electron chi connectivity index (χ1n) is 14.0. The van der Waals surface area contributed by atoms with Crippen LogP contribution in [0.1, 0.15) is 36.8 Å². The lowest BCUT2D eigenvalue weighted by Gasteiger charge is -2.23. The Bertz CT molecular complexity index is 1840. The Labute approximate surface area is 248 Å². The third kappa shape index (κ3) is 6.01. The molecule has 0 aliphatic carbocycles. The van der Waals surface area contributed by atoms with Crippen LogP contribution in [-0.4, -0.2) is 44.7 Å². The predicted molar refractivity (Wildman–Crippen MR) is 165 cm³/mol. The molecule has 0 aliphatic rings. The molecule has 1 amide bonds. The molecule has 0 aliphatic heterocycles. The van der Waals surface area contributed by atoms with Crippen molar-refractivity contribution in [2.75, 3.05) is 13.2 Å². The summed E-state index contributed by atoms with van der Waals surface area (Å²) in [6.45, 7) is 5.40. The van der Waals surface area contributed by atoms with E-state index in [4.69, 9.17) is 4.74 Å². The Kier molecular flexibility index (Phi) is 8.34. The van der Waals surface area contributed by atoms with E-state index in [1.54, 1.807) is 55.9 Å². The zero-order valence-corrected chi connectivity index (χ0v) is 24.2. The van der Waals surface area contributed by atoms with Gasteiger partial charge >= 0.3 is 5.97 Å². The number of nitrogens with one attached hydrogen (secondary N) is 1. The maximum absolute atomic E-state index is 14.1. The van der Waals surface area contributed by atoms with Crippen LogP contribution in [0.3, 0.4) is 0 Å². The molecule has 2 aromatic carbocycles. The van der Waals surface area contributed by atoms with Crippen molar-refractivity contribution in [2.24, 2.45) is 5.41 Å². The van der Waals surface area contributed by atoms with Crippen LogP contribution in [-0.2, 0) is 16.1 Å². The van der Waals surface area contributed by atoms with Gasteiger partial charge in [0.2, 0.25) is 0 Å². The average Bonchev–Trinajstić information content (AvgIpc) is 3.03. The van der Waals surface area contributed by atoms with Gasteiger partial charge in [-0.3, -0.25) is 19.4 Å².